The molecule has 0 saturated carbocycles. The van der Waals surface area contributed by atoms with Gasteiger partial charge in [-0.25, -0.2) is 4.99 Å². The first-order chi connectivity index (χ1) is 16.4. The zero-order valence-electron chi connectivity index (χ0n) is 18.5. The van der Waals surface area contributed by atoms with Gasteiger partial charge in [-0.1, -0.05) is 54.1 Å². The third-order valence-electron chi connectivity index (χ3n) is 6.28. The highest BCUT2D eigenvalue weighted by atomic mass is 35.5. The predicted octanol–water partition coefficient (Wildman–Crippen LogP) is 1.68. The van der Waals surface area contributed by atoms with Crippen LogP contribution in [0.5, 0.6) is 0 Å². The zero-order valence-corrected chi connectivity index (χ0v) is 20.0. The fourth-order valence-electron chi connectivity index (χ4n) is 4.60. The van der Waals surface area contributed by atoms with E-state index in [0.29, 0.717) is 11.4 Å². The Hall–Kier alpha value is -3.26. The van der Waals surface area contributed by atoms with Gasteiger partial charge in [0.25, 0.3) is 0 Å². The molecule has 3 unspecified atom stereocenters. The van der Waals surface area contributed by atoms with E-state index in [4.69, 9.17) is 23.8 Å². The Bertz CT molecular complexity index is 1300. The Kier molecular flexibility index (Phi) is 6.08. The van der Waals surface area contributed by atoms with Crippen LogP contribution in [-0.2, 0) is 11.2 Å². The number of nitrogens with one attached hydrogen (secondary N) is 3. The summed E-state index contributed by atoms with van der Waals surface area (Å²) in [5.74, 6) is -0.203. The lowest BCUT2D eigenvalue weighted by Crippen LogP contribution is -2.87. The second kappa shape index (κ2) is 9.18. The minimum absolute atomic E-state index is 0.203. The fraction of sp³-hybridized carbons (Fsp3) is 0.192. The van der Waals surface area contributed by atoms with Crippen molar-refractivity contribution in [3.8, 4) is 0 Å². The number of thiocarbonyl (C=S) groups is 1. The summed E-state index contributed by atoms with van der Waals surface area (Å²) in [5, 5.41) is 17.8. The van der Waals surface area contributed by atoms with Gasteiger partial charge in [-0.3, -0.25) is 10.1 Å². The summed E-state index contributed by atoms with van der Waals surface area (Å²) in [6, 6.07) is 22.8. The van der Waals surface area contributed by atoms with Crippen LogP contribution >= 0.6 is 23.8 Å². The highest BCUT2D eigenvalue weighted by Crippen LogP contribution is 2.31. The van der Waals surface area contributed by atoms with Crippen LogP contribution in [0.25, 0.3) is 0 Å². The molecular weight excluding hydrogens is 468 g/mol. The number of benzene rings is 3. The van der Waals surface area contributed by atoms with Gasteiger partial charge in [0.1, 0.15) is 0 Å². The smallest absolute Gasteiger partial charge is 0.317 e. The second-order valence-corrected chi connectivity index (χ2v) is 9.29. The van der Waals surface area contributed by atoms with Crippen molar-refractivity contribution in [3.05, 3.63) is 100 Å². The molecule has 8 heteroatoms. The van der Waals surface area contributed by atoms with E-state index in [1.165, 1.54) is 0 Å². The fourth-order valence-corrected chi connectivity index (χ4v) is 5.02. The molecule has 0 radical (unpaired) electrons. The largest absolute Gasteiger partial charge is 0.390 e. The van der Waals surface area contributed by atoms with Gasteiger partial charge in [0.05, 0.1) is 23.4 Å². The van der Waals surface area contributed by atoms with Crippen LogP contribution in [0.3, 0.4) is 0 Å². The first kappa shape index (κ1) is 22.5. The number of nitrogens with zero attached hydrogens (tertiary/aromatic N) is 1. The highest BCUT2D eigenvalue weighted by molar-refractivity contribution is 7.80. The van der Waals surface area contributed by atoms with Gasteiger partial charge >= 0.3 is 12.1 Å². The SMILES string of the molecule is CN1C(=O)C(NC(=S)NC2c3ccccc3CC2O)[NH+]=C(c2ccccc2)c2cc(Cl)ccc21. The monoisotopic (exact) mass is 491 g/mol. The molecule has 6 nitrogen and oxygen atoms in total. The second-order valence-electron chi connectivity index (χ2n) is 8.44. The van der Waals surface area contributed by atoms with Crippen molar-refractivity contribution in [1.29, 1.82) is 0 Å². The topological polar surface area (TPSA) is 78.6 Å². The molecule has 1 amide bonds. The molecule has 0 fully saturated rings. The van der Waals surface area contributed by atoms with E-state index >= 15 is 0 Å². The molecule has 34 heavy (non-hydrogen) atoms. The van der Waals surface area contributed by atoms with Crippen molar-refractivity contribution in [3.63, 3.8) is 0 Å². The minimum atomic E-state index is -0.833. The highest BCUT2D eigenvalue weighted by Gasteiger charge is 2.37. The van der Waals surface area contributed by atoms with Gasteiger partial charge < -0.3 is 15.3 Å². The molecule has 3 atom stereocenters. The van der Waals surface area contributed by atoms with Crippen LogP contribution in [0.1, 0.15) is 28.3 Å². The van der Waals surface area contributed by atoms with Crippen molar-refractivity contribution in [2.75, 3.05) is 11.9 Å². The maximum Gasteiger partial charge on any atom is 0.317 e. The van der Waals surface area contributed by atoms with Crippen LogP contribution in [-0.4, -0.2) is 41.2 Å². The van der Waals surface area contributed by atoms with E-state index in [1.54, 1.807) is 18.0 Å². The Morgan fingerprint density at radius 2 is 1.82 bits per heavy atom. The number of halogens is 1. The molecule has 1 aliphatic carbocycles. The summed E-state index contributed by atoms with van der Waals surface area (Å²) in [6.07, 6.45) is -0.877. The number of aliphatic hydroxyl groups excluding tert-OH is 1. The van der Waals surface area contributed by atoms with E-state index in [9.17, 15) is 9.90 Å². The van der Waals surface area contributed by atoms with Crippen molar-refractivity contribution in [2.45, 2.75) is 24.7 Å². The summed E-state index contributed by atoms with van der Waals surface area (Å²) in [4.78, 5) is 18.4. The van der Waals surface area contributed by atoms with E-state index < -0.39 is 12.3 Å². The van der Waals surface area contributed by atoms with Crippen molar-refractivity contribution >= 4 is 46.2 Å². The van der Waals surface area contributed by atoms with Gasteiger partial charge in [0.15, 0.2) is 5.11 Å². The average Bonchev–Trinajstić information content (AvgIpc) is 3.11. The number of benzodiazepines with no additional fused rings is 1. The molecule has 5 rings (SSSR count). The lowest BCUT2D eigenvalue weighted by molar-refractivity contribution is -0.489. The van der Waals surface area contributed by atoms with Crippen molar-refractivity contribution in [2.24, 2.45) is 0 Å². The number of likely N-dealkylation sites (N-methyl/N-ethyl adjacent to an activating group) is 1. The van der Waals surface area contributed by atoms with Crippen molar-refractivity contribution in [1.82, 2.24) is 10.6 Å². The molecule has 1 heterocycles. The predicted molar refractivity (Wildman–Crippen MR) is 137 cm³/mol. The maximum absolute atomic E-state index is 13.4. The molecule has 0 saturated heterocycles. The maximum atomic E-state index is 13.4. The summed E-state index contributed by atoms with van der Waals surface area (Å²) in [7, 11) is 1.73. The Labute approximate surface area is 208 Å². The number of amides is 1. The number of hydrogen-bond acceptors (Lipinski definition) is 3. The number of aliphatic hydroxyl groups is 1. The van der Waals surface area contributed by atoms with Crippen LogP contribution in [0, 0.1) is 0 Å². The first-order valence-electron chi connectivity index (χ1n) is 11.0. The Balaban J connectivity index is 1.47. The normalized spacial score (nSPS) is 21.3. The Morgan fingerprint density at radius 3 is 2.62 bits per heavy atom. The molecule has 172 valence electrons. The molecule has 3 aromatic rings. The molecule has 4 N–H and O–H groups in total. The summed E-state index contributed by atoms with van der Waals surface area (Å²) < 4.78 is 0. The molecule has 3 aromatic carbocycles. The Morgan fingerprint density at radius 1 is 1.09 bits per heavy atom. The zero-order chi connectivity index (χ0) is 23.8. The summed E-state index contributed by atoms with van der Waals surface area (Å²) >= 11 is 11.9. The molecule has 0 aromatic heterocycles. The third kappa shape index (κ3) is 4.18. The number of rotatable bonds is 3. The number of fused-ring (bicyclic) bond motifs is 2. The quantitative estimate of drug-likeness (QED) is 0.419. The van der Waals surface area contributed by atoms with Crippen molar-refractivity contribution < 1.29 is 14.9 Å². The third-order valence-corrected chi connectivity index (χ3v) is 6.75. The van der Waals surface area contributed by atoms with Crippen LogP contribution < -0.4 is 20.5 Å². The number of carbonyl (C=O) groups is 1. The lowest BCUT2D eigenvalue weighted by atomic mass is 10.0. The van der Waals surface area contributed by atoms with E-state index in [-0.39, 0.29) is 17.1 Å². The first-order valence-corrected chi connectivity index (χ1v) is 11.8. The standard InChI is InChI=1S/C26H23ClN4O2S/c1-31-20-12-11-17(27)14-19(20)22(15-7-3-2-4-8-15)28-24(25(31)33)30-26(34)29-23-18-10-6-5-9-16(18)13-21(23)32/h2-12,14,21,23-24,32H,13H2,1H3,(H2,29,30,34)/p+1. The van der Waals surface area contributed by atoms with Gasteiger partial charge in [-0.2, -0.15) is 0 Å². The van der Waals surface area contributed by atoms with Gasteiger partial charge in [-0.05, 0) is 53.7 Å². The summed E-state index contributed by atoms with van der Waals surface area (Å²) in [5.41, 5.74) is 5.34. The van der Waals surface area contributed by atoms with E-state index in [2.05, 4.69) is 15.6 Å². The lowest BCUT2D eigenvalue weighted by Gasteiger charge is -2.22. The van der Waals surface area contributed by atoms with Gasteiger partial charge in [0.2, 0.25) is 5.71 Å². The molecular formula is C26H24ClN4O2S+. The molecule has 0 bridgehead atoms. The number of carbonyl (C=O) groups excluding carboxylic acids is 1. The van der Waals surface area contributed by atoms with Crippen LogP contribution in [0.2, 0.25) is 5.02 Å². The van der Waals surface area contributed by atoms with Crippen LogP contribution in [0.4, 0.5) is 5.69 Å². The van der Waals surface area contributed by atoms with Gasteiger partial charge in [0, 0.05) is 24.1 Å². The van der Waals surface area contributed by atoms with E-state index in [1.807, 2.05) is 66.7 Å². The minimum Gasteiger partial charge on any atom is -0.390 e. The summed E-state index contributed by atoms with van der Waals surface area (Å²) in [6.45, 7) is 0. The van der Waals surface area contributed by atoms with Gasteiger partial charge in [-0.15, -0.1) is 0 Å². The average molecular weight is 492 g/mol. The number of anilines is 1. The van der Waals surface area contributed by atoms with E-state index in [0.717, 1.165) is 33.7 Å². The van der Waals surface area contributed by atoms with Crippen LogP contribution in [0.15, 0.2) is 72.8 Å². The molecule has 1 aliphatic heterocycles. The molecule has 2 aliphatic rings. The number of hydrogen-bond donors (Lipinski definition) is 4. The molecule has 0 spiro atoms.